The van der Waals surface area contributed by atoms with E-state index in [1.165, 1.54) is 0 Å². The van der Waals surface area contributed by atoms with E-state index in [9.17, 15) is 0 Å². The van der Waals surface area contributed by atoms with Crippen molar-refractivity contribution in [2.24, 2.45) is 5.73 Å². The first-order valence-electron chi connectivity index (χ1n) is 4.75. The van der Waals surface area contributed by atoms with Crippen LogP contribution in [0.1, 0.15) is 12.8 Å². The third-order valence-corrected chi connectivity index (χ3v) is 4.92. The average Bonchev–Trinajstić information content (AvgIpc) is 2.24. The molecule has 0 fully saturated rings. The molecular formula is C9H21NO3Si. The fourth-order valence-corrected chi connectivity index (χ4v) is 2.96. The molecule has 5 heteroatoms. The number of allylic oxidation sites excluding steroid dienone is 1. The topological polar surface area (TPSA) is 53.7 Å². The average molecular weight is 219 g/mol. The second kappa shape index (κ2) is 8.13. The Kier molecular flexibility index (Phi) is 8.02. The predicted molar refractivity (Wildman–Crippen MR) is 59.0 cm³/mol. The Balaban J connectivity index is 3.76. The lowest BCUT2D eigenvalue weighted by molar-refractivity contribution is 0.123. The zero-order valence-electron chi connectivity index (χ0n) is 9.29. The molecule has 0 amide bonds. The maximum absolute atomic E-state index is 5.32. The fourth-order valence-electron chi connectivity index (χ4n) is 1.21. The molecule has 0 aromatic carbocycles. The summed E-state index contributed by atoms with van der Waals surface area (Å²) in [5.74, 6) is 0. The number of hydrogen-bond acceptors (Lipinski definition) is 4. The summed E-state index contributed by atoms with van der Waals surface area (Å²) >= 11 is 0. The van der Waals surface area contributed by atoms with Crippen molar-refractivity contribution in [2.45, 2.75) is 18.9 Å². The third kappa shape index (κ3) is 4.87. The fraction of sp³-hybridized carbons (Fsp3) is 0.778. The van der Waals surface area contributed by atoms with Gasteiger partial charge in [0.25, 0.3) is 0 Å². The lowest BCUT2D eigenvalue weighted by atomic mass is 10.3. The van der Waals surface area contributed by atoms with Gasteiger partial charge in [-0.05, 0) is 12.8 Å². The van der Waals surface area contributed by atoms with Crippen LogP contribution in [0.25, 0.3) is 0 Å². The minimum atomic E-state index is -2.34. The van der Waals surface area contributed by atoms with E-state index < -0.39 is 8.80 Å². The van der Waals surface area contributed by atoms with Crippen LogP contribution in [0.4, 0.5) is 0 Å². The predicted octanol–water partition coefficient (Wildman–Crippen LogP) is 1.16. The first kappa shape index (κ1) is 13.8. The highest BCUT2D eigenvalue weighted by Gasteiger charge is 2.36. The van der Waals surface area contributed by atoms with Gasteiger partial charge >= 0.3 is 8.80 Å². The van der Waals surface area contributed by atoms with Crippen molar-refractivity contribution in [3.63, 3.8) is 0 Å². The SMILES string of the molecule is CO[Si](CCCC=CCN)(OC)OC. The molecule has 0 unspecified atom stereocenters. The molecule has 0 aromatic rings. The summed E-state index contributed by atoms with van der Waals surface area (Å²) in [5, 5.41) is 0. The molecule has 14 heavy (non-hydrogen) atoms. The van der Waals surface area contributed by atoms with Gasteiger partial charge in [-0.3, -0.25) is 0 Å². The van der Waals surface area contributed by atoms with Gasteiger partial charge in [0.2, 0.25) is 0 Å². The lowest BCUT2D eigenvalue weighted by Crippen LogP contribution is -2.42. The zero-order chi connectivity index (χ0) is 10.9. The van der Waals surface area contributed by atoms with Gasteiger partial charge in [0.05, 0.1) is 0 Å². The minimum absolute atomic E-state index is 0.599. The van der Waals surface area contributed by atoms with Crippen LogP contribution in [0.2, 0.25) is 6.04 Å². The van der Waals surface area contributed by atoms with Crippen molar-refractivity contribution in [1.82, 2.24) is 0 Å². The Labute approximate surface area is 87.4 Å². The van der Waals surface area contributed by atoms with Gasteiger partial charge in [-0.15, -0.1) is 0 Å². The molecule has 0 saturated carbocycles. The Morgan fingerprint density at radius 1 is 1.07 bits per heavy atom. The van der Waals surface area contributed by atoms with E-state index in [0.29, 0.717) is 6.54 Å². The van der Waals surface area contributed by atoms with Gasteiger partial charge in [0.1, 0.15) is 0 Å². The van der Waals surface area contributed by atoms with Crippen LogP contribution in [0.15, 0.2) is 12.2 Å². The molecule has 0 aliphatic carbocycles. The summed E-state index contributed by atoms with van der Waals surface area (Å²) in [6, 6.07) is 0.839. The van der Waals surface area contributed by atoms with Crippen molar-refractivity contribution >= 4 is 8.80 Å². The standard InChI is InChI=1S/C9H21NO3Si/c1-11-14(12-2,13-3)9-7-5-4-6-8-10/h4,6H,5,7-10H2,1-3H3. The zero-order valence-corrected chi connectivity index (χ0v) is 10.3. The Morgan fingerprint density at radius 2 is 1.64 bits per heavy atom. The third-order valence-electron chi connectivity index (χ3n) is 2.09. The molecule has 0 atom stereocenters. The van der Waals surface area contributed by atoms with Gasteiger partial charge in [0.15, 0.2) is 0 Å². The molecule has 0 aliphatic rings. The molecule has 0 radical (unpaired) electrons. The van der Waals surface area contributed by atoms with Crippen LogP contribution in [0, 0.1) is 0 Å². The summed E-state index contributed by atoms with van der Waals surface area (Å²) in [6.45, 7) is 0.599. The van der Waals surface area contributed by atoms with E-state index in [1.54, 1.807) is 21.3 Å². The number of rotatable bonds is 8. The van der Waals surface area contributed by atoms with E-state index >= 15 is 0 Å². The largest absolute Gasteiger partial charge is 0.500 e. The first-order chi connectivity index (χ1) is 6.74. The first-order valence-corrected chi connectivity index (χ1v) is 6.68. The smallest absolute Gasteiger partial charge is 0.377 e. The molecule has 0 rings (SSSR count). The Morgan fingerprint density at radius 3 is 2.07 bits per heavy atom. The van der Waals surface area contributed by atoms with Crippen molar-refractivity contribution < 1.29 is 13.3 Å². The van der Waals surface area contributed by atoms with E-state index in [1.807, 2.05) is 6.08 Å². The molecule has 2 N–H and O–H groups in total. The molecule has 84 valence electrons. The van der Waals surface area contributed by atoms with E-state index in [2.05, 4.69) is 6.08 Å². The van der Waals surface area contributed by atoms with Crippen LogP contribution in [-0.2, 0) is 13.3 Å². The molecule has 0 aliphatic heterocycles. The molecule has 0 saturated heterocycles. The summed E-state index contributed by atoms with van der Waals surface area (Å²) in [4.78, 5) is 0. The highest BCUT2D eigenvalue weighted by Crippen LogP contribution is 2.16. The maximum Gasteiger partial charge on any atom is 0.500 e. The highest BCUT2D eigenvalue weighted by atomic mass is 28.4. The van der Waals surface area contributed by atoms with Crippen LogP contribution in [0.3, 0.4) is 0 Å². The highest BCUT2D eigenvalue weighted by molar-refractivity contribution is 6.60. The molecule has 0 spiro atoms. The van der Waals surface area contributed by atoms with E-state index in [4.69, 9.17) is 19.0 Å². The number of hydrogen-bond donors (Lipinski definition) is 1. The molecule has 4 nitrogen and oxygen atoms in total. The summed E-state index contributed by atoms with van der Waals surface area (Å²) in [6.07, 6.45) is 6.01. The second-order valence-electron chi connectivity index (χ2n) is 2.89. The van der Waals surface area contributed by atoms with Gasteiger partial charge in [-0.2, -0.15) is 0 Å². The minimum Gasteiger partial charge on any atom is -0.377 e. The molecule has 0 aromatic heterocycles. The normalized spacial score (nSPS) is 12.6. The van der Waals surface area contributed by atoms with Gasteiger partial charge in [-0.1, -0.05) is 12.2 Å². The number of unbranched alkanes of at least 4 members (excludes halogenated alkanes) is 1. The summed E-state index contributed by atoms with van der Waals surface area (Å²) in [5.41, 5.74) is 5.32. The van der Waals surface area contributed by atoms with Gasteiger partial charge < -0.3 is 19.0 Å². The van der Waals surface area contributed by atoms with Crippen molar-refractivity contribution in [2.75, 3.05) is 27.9 Å². The number of nitrogens with two attached hydrogens (primary N) is 1. The van der Waals surface area contributed by atoms with Crippen LogP contribution in [0.5, 0.6) is 0 Å². The van der Waals surface area contributed by atoms with Crippen molar-refractivity contribution in [3.05, 3.63) is 12.2 Å². The molecule has 0 heterocycles. The summed E-state index contributed by atoms with van der Waals surface area (Å²) in [7, 11) is 2.56. The van der Waals surface area contributed by atoms with Crippen LogP contribution in [-0.4, -0.2) is 36.7 Å². The molecule has 0 bridgehead atoms. The quantitative estimate of drug-likeness (QED) is 0.378. The van der Waals surface area contributed by atoms with Crippen LogP contribution < -0.4 is 5.73 Å². The Hall–Kier alpha value is -0.203. The van der Waals surface area contributed by atoms with E-state index in [0.717, 1.165) is 18.9 Å². The summed E-state index contributed by atoms with van der Waals surface area (Å²) < 4.78 is 15.9. The van der Waals surface area contributed by atoms with E-state index in [-0.39, 0.29) is 0 Å². The van der Waals surface area contributed by atoms with Gasteiger partial charge in [0, 0.05) is 33.9 Å². The lowest BCUT2D eigenvalue weighted by Gasteiger charge is -2.23. The molecular weight excluding hydrogens is 198 g/mol. The van der Waals surface area contributed by atoms with Crippen molar-refractivity contribution in [3.8, 4) is 0 Å². The monoisotopic (exact) mass is 219 g/mol. The maximum atomic E-state index is 5.32. The van der Waals surface area contributed by atoms with Crippen LogP contribution >= 0.6 is 0 Å². The Bertz CT molecular complexity index is 152. The van der Waals surface area contributed by atoms with Gasteiger partial charge in [-0.25, -0.2) is 0 Å². The second-order valence-corrected chi connectivity index (χ2v) is 5.99. The van der Waals surface area contributed by atoms with Crippen molar-refractivity contribution in [1.29, 1.82) is 0 Å².